The Labute approximate surface area is 393 Å². The predicted molar refractivity (Wildman–Crippen MR) is 273 cm³/mol. The molecule has 3 N–H and O–H groups in total. The van der Waals surface area contributed by atoms with Crippen molar-refractivity contribution in [2.45, 2.75) is 328 Å². The summed E-state index contributed by atoms with van der Waals surface area (Å²) >= 11 is 0. The second-order valence-corrected chi connectivity index (χ2v) is 19.6. The van der Waals surface area contributed by atoms with Crippen LogP contribution in [-0.4, -0.2) is 47.4 Å². The van der Waals surface area contributed by atoms with Crippen molar-refractivity contribution in [2.75, 3.05) is 13.2 Å². The highest BCUT2D eigenvalue weighted by atomic mass is 16.5. The van der Waals surface area contributed by atoms with E-state index in [1.54, 1.807) is 0 Å². The molecular formula is C57H111NO5. The lowest BCUT2D eigenvalue weighted by Crippen LogP contribution is -2.45. The quantitative estimate of drug-likeness (QED) is 0.0321. The molecule has 0 aromatic heterocycles. The zero-order valence-electron chi connectivity index (χ0n) is 42.6. The summed E-state index contributed by atoms with van der Waals surface area (Å²) in [7, 11) is 0. The van der Waals surface area contributed by atoms with Crippen LogP contribution in [0.5, 0.6) is 0 Å². The first-order chi connectivity index (χ1) is 31.0. The Morgan fingerprint density at radius 2 is 0.746 bits per heavy atom. The van der Waals surface area contributed by atoms with E-state index in [0.717, 1.165) is 38.5 Å². The highest BCUT2D eigenvalue weighted by molar-refractivity contribution is 5.76. The highest BCUT2D eigenvalue weighted by Gasteiger charge is 2.20. The molecule has 0 fully saturated rings. The van der Waals surface area contributed by atoms with Crippen molar-refractivity contribution in [1.29, 1.82) is 0 Å². The van der Waals surface area contributed by atoms with Crippen molar-refractivity contribution >= 4 is 11.9 Å². The van der Waals surface area contributed by atoms with Crippen molar-refractivity contribution in [3.05, 3.63) is 12.2 Å². The van der Waals surface area contributed by atoms with Gasteiger partial charge in [0.05, 0.1) is 25.4 Å². The number of allylic oxidation sites excluding steroid dienone is 2. The van der Waals surface area contributed by atoms with Gasteiger partial charge in [-0.05, 0) is 51.4 Å². The van der Waals surface area contributed by atoms with E-state index in [-0.39, 0.29) is 18.5 Å². The Hall–Kier alpha value is -1.40. The minimum Gasteiger partial charge on any atom is -0.466 e. The molecule has 0 radical (unpaired) electrons. The number of ether oxygens (including phenoxy) is 1. The third-order valence-electron chi connectivity index (χ3n) is 13.3. The van der Waals surface area contributed by atoms with Crippen LogP contribution in [0.3, 0.4) is 0 Å². The summed E-state index contributed by atoms with van der Waals surface area (Å²) in [6.07, 6.45) is 62.1. The zero-order chi connectivity index (χ0) is 45.8. The highest BCUT2D eigenvalue weighted by Crippen LogP contribution is 2.17. The summed E-state index contributed by atoms with van der Waals surface area (Å²) in [6, 6.07) is -0.545. The monoisotopic (exact) mass is 890 g/mol. The van der Waals surface area contributed by atoms with Gasteiger partial charge < -0.3 is 20.3 Å². The number of hydrogen-bond acceptors (Lipinski definition) is 5. The Balaban J connectivity index is 3.39. The molecule has 2 unspecified atom stereocenters. The smallest absolute Gasteiger partial charge is 0.305 e. The SMILES string of the molecule is CCCCCCCCCCCCCCCCCCC(=O)OCCCCCCCCCCC/C=C\CCCCCCCCCC(=O)NC(CO)C(O)CCCCCCCCCCCC. The molecule has 0 bridgehead atoms. The lowest BCUT2D eigenvalue weighted by atomic mass is 10.0. The predicted octanol–water partition coefficient (Wildman–Crippen LogP) is 17.3. The molecule has 0 spiro atoms. The summed E-state index contributed by atoms with van der Waals surface area (Å²) < 4.78 is 5.48. The molecule has 1 amide bonds. The number of aliphatic hydroxyl groups is 2. The van der Waals surface area contributed by atoms with E-state index >= 15 is 0 Å². The molecule has 0 aliphatic carbocycles. The fourth-order valence-corrected chi connectivity index (χ4v) is 8.93. The van der Waals surface area contributed by atoms with Crippen molar-refractivity contribution in [1.82, 2.24) is 5.32 Å². The van der Waals surface area contributed by atoms with Crippen LogP contribution < -0.4 is 5.32 Å². The minimum atomic E-state index is -0.667. The van der Waals surface area contributed by atoms with Gasteiger partial charge >= 0.3 is 5.97 Å². The maximum atomic E-state index is 12.4. The Morgan fingerprint density at radius 1 is 0.429 bits per heavy atom. The number of unbranched alkanes of at least 4 members (excludes halogenated alkanes) is 40. The maximum absolute atomic E-state index is 12.4. The van der Waals surface area contributed by atoms with Gasteiger partial charge in [-0.2, -0.15) is 0 Å². The molecule has 6 nitrogen and oxygen atoms in total. The third kappa shape index (κ3) is 49.9. The standard InChI is InChI=1S/C57H111NO5/c1-3-5-7-9-11-13-15-16-17-25-28-31-35-39-43-47-51-57(62)63-52-48-44-40-36-32-29-26-23-21-19-18-20-22-24-27-30-34-38-42-46-50-56(61)58-54(53-59)55(60)49-45-41-37-33-14-12-10-8-6-4-2/h18,20,54-55,59-60H,3-17,19,21-53H2,1-2H3,(H,58,61)/b20-18-. The molecule has 374 valence electrons. The molecule has 0 aromatic rings. The molecular weight excluding hydrogens is 779 g/mol. The number of amides is 1. The van der Waals surface area contributed by atoms with Gasteiger partial charge in [0.2, 0.25) is 5.91 Å². The van der Waals surface area contributed by atoms with E-state index in [1.807, 2.05) is 0 Å². The van der Waals surface area contributed by atoms with Crippen LogP contribution in [0.25, 0.3) is 0 Å². The number of carbonyl (C=O) groups is 2. The molecule has 0 rings (SSSR count). The van der Waals surface area contributed by atoms with Gasteiger partial charge in [0.1, 0.15) is 0 Å². The molecule has 0 saturated carbocycles. The molecule has 0 heterocycles. The number of nitrogens with one attached hydrogen (secondary N) is 1. The van der Waals surface area contributed by atoms with Crippen LogP contribution >= 0.6 is 0 Å². The number of rotatable bonds is 53. The lowest BCUT2D eigenvalue weighted by Gasteiger charge is -2.22. The molecule has 0 aliphatic rings. The van der Waals surface area contributed by atoms with E-state index in [0.29, 0.717) is 25.9 Å². The first-order valence-corrected chi connectivity index (χ1v) is 28.4. The Kier molecular flexibility index (Phi) is 52.0. The van der Waals surface area contributed by atoms with Crippen LogP contribution in [0.15, 0.2) is 12.2 Å². The topological polar surface area (TPSA) is 95.9 Å². The molecule has 0 saturated heterocycles. The van der Waals surface area contributed by atoms with Gasteiger partial charge in [-0.1, -0.05) is 264 Å². The molecule has 0 aliphatic heterocycles. The van der Waals surface area contributed by atoms with E-state index in [4.69, 9.17) is 4.74 Å². The Bertz CT molecular complexity index is 939. The van der Waals surface area contributed by atoms with E-state index in [2.05, 4.69) is 31.3 Å². The van der Waals surface area contributed by atoms with Gasteiger partial charge in [0.15, 0.2) is 0 Å². The molecule has 0 aromatic carbocycles. The van der Waals surface area contributed by atoms with Crippen molar-refractivity contribution < 1.29 is 24.5 Å². The second kappa shape index (κ2) is 53.2. The fourth-order valence-electron chi connectivity index (χ4n) is 8.93. The summed E-state index contributed by atoms with van der Waals surface area (Å²) in [4.78, 5) is 24.5. The van der Waals surface area contributed by atoms with E-state index in [9.17, 15) is 19.8 Å². The van der Waals surface area contributed by atoms with Crippen LogP contribution in [0.4, 0.5) is 0 Å². The lowest BCUT2D eigenvalue weighted by molar-refractivity contribution is -0.143. The number of aliphatic hydroxyl groups excluding tert-OH is 2. The van der Waals surface area contributed by atoms with Gasteiger partial charge in [-0.25, -0.2) is 0 Å². The Morgan fingerprint density at radius 3 is 1.13 bits per heavy atom. The molecule has 63 heavy (non-hydrogen) atoms. The van der Waals surface area contributed by atoms with Gasteiger partial charge in [0, 0.05) is 12.8 Å². The third-order valence-corrected chi connectivity index (χ3v) is 13.3. The first-order valence-electron chi connectivity index (χ1n) is 28.4. The summed E-state index contributed by atoms with van der Waals surface area (Å²) in [5, 5.41) is 23.1. The van der Waals surface area contributed by atoms with Crippen molar-refractivity contribution in [3.63, 3.8) is 0 Å². The average Bonchev–Trinajstić information content (AvgIpc) is 3.28. The van der Waals surface area contributed by atoms with Crippen LogP contribution in [0.1, 0.15) is 316 Å². The van der Waals surface area contributed by atoms with Gasteiger partial charge in [-0.15, -0.1) is 0 Å². The second-order valence-electron chi connectivity index (χ2n) is 19.6. The van der Waals surface area contributed by atoms with Gasteiger partial charge in [-0.3, -0.25) is 9.59 Å². The first kappa shape index (κ1) is 61.6. The summed E-state index contributed by atoms with van der Waals surface area (Å²) in [6.45, 7) is 4.94. The fraction of sp³-hybridized carbons (Fsp3) is 0.930. The molecule has 2 atom stereocenters. The number of hydrogen-bond donors (Lipinski definition) is 3. The molecule has 6 heteroatoms. The largest absolute Gasteiger partial charge is 0.466 e. The van der Waals surface area contributed by atoms with Crippen LogP contribution in [0.2, 0.25) is 0 Å². The number of carbonyl (C=O) groups excluding carboxylic acids is 2. The number of esters is 1. The minimum absolute atomic E-state index is 0.00989. The normalized spacial score (nSPS) is 12.6. The van der Waals surface area contributed by atoms with Crippen LogP contribution in [0, 0.1) is 0 Å². The maximum Gasteiger partial charge on any atom is 0.305 e. The van der Waals surface area contributed by atoms with E-state index in [1.165, 1.54) is 244 Å². The summed E-state index contributed by atoms with van der Waals surface area (Å²) in [5.74, 6) is -0.0345. The zero-order valence-corrected chi connectivity index (χ0v) is 42.6. The summed E-state index contributed by atoms with van der Waals surface area (Å²) in [5.41, 5.74) is 0. The average molecular weight is 891 g/mol. The van der Waals surface area contributed by atoms with E-state index < -0.39 is 12.1 Å². The van der Waals surface area contributed by atoms with Crippen molar-refractivity contribution in [2.24, 2.45) is 0 Å². The van der Waals surface area contributed by atoms with Crippen LogP contribution in [-0.2, 0) is 14.3 Å². The van der Waals surface area contributed by atoms with Gasteiger partial charge in [0.25, 0.3) is 0 Å². The van der Waals surface area contributed by atoms with Crippen molar-refractivity contribution in [3.8, 4) is 0 Å².